The van der Waals surface area contributed by atoms with Gasteiger partial charge in [0.25, 0.3) is 0 Å². The van der Waals surface area contributed by atoms with E-state index in [9.17, 15) is 18.0 Å². The molecule has 0 radical (unpaired) electrons. The van der Waals surface area contributed by atoms with Gasteiger partial charge in [-0.05, 0) is 44.4 Å². The highest BCUT2D eigenvalue weighted by Crippen LogP contribution is 2.36. The standard InChI is InChI=1S/C21H19ClF3N3O2S/c1-27(2)9-10-30-20(29)28(17-8-4-6-15(12-17)21(23,24)25)19-26-18(13-31-19)14-5-3-7-16(22)11-14/h3-8,11-13H,9-10H2,1-2H3. The van der Waals surface area contributed by atoms with Crippen LogP contribution in [0.5, 0.6) is 0 Å². The quantitative estimate of drug-likeness (QED) is 0.424. The van der Waals surface area contributed by atoms with Gasteiger partial charge in [0.15, 0.2) is 5.13 Å². The summed E-state index contributed by atoms with van der Waals surface area (Å²) in [6, 6.07) is 11.5. The number of likely N-dealkylation sites (N-methyl/N-ethyl adjacent to an activating group) is 1. The molecule has 0 aliphatic heterocycles. The zero-order valence-corrected chi connectivity index (χ0v) is 18.3. The average Bonchev–Trinajstić information content (AvgIpc) is 3.17. The first kappa shape index (κ1) is 23.1. The SMILES string of the molecule is CN(C)CCOC(=O)N(c1cccc(C(F)(F)F)c1)c1nc(-c2cccc(Cl)c2)cs1. The number of hydrogen-bond acceptors (Lipinski definition) is 5. The largest absolute Gasteiger partial charge is 0.447 e. The highest BCUT2D eigenvalue weighted by atomic mass is 35.5. The van der Waals surface area contributed by atoms with Crippen LogP contribution >= 0.6 is 22.9 Å². The Balaban J connectivity index is 1.98. The van der Waals surface area contributed by atoms with Crippen molar-refractivity contribution in [2.75, 3.05) is 32.1 Å². The van der Waals surface area contributed by atoms with Gasteiger partial charge in [0.05, 0.1) is 16.9 Å². The predicted molar refractivity (Wildman–Crippen MR) is 116 cm³/mol. The molecule has 0 unspecified atom stereocenters. The van der Waals surface area contributed by atoms with Crippen molar-refractivity contribution in [1.82, 2.24) is 9.88 Å². The Morgan fingerprint density at radius 3 is 2.58 bits per heavy atom. The Labute approximate surface area is 186 Å². The van der Waals surface area contributed by atoms with Crippen LogP contribution in [0.2, 0.25) is 5.02 Å². The van der Waals surface area contributed by atoms with E-state index in [2.05, 4.69) is 4.98 Å². The Morgan fingerprint density at radius 1 is 1.16 bits per heavy atom. The number of anilines is 2. The van der Waals surface area contributed by atoms with Crippen molar-refractivity contribution in [3.63, 3.8) is 0 Å². The minimum Gasteiger partial charge on any atom is -0.447 e. The molecular formula is C21H19ClF3N3O2S. The lowest BCUT2D eigenvalue weighted by Crippen LogP contribution is -2.29. The number of nitrogens with zero attached hydrogens (tertiary/aromatic N) is 3. The molecule has 0 N–H and O–H groups in total. The Hall–Kier alpha value is -2.62. The van der Waals surface area contributed by atoms with E-state index in [-0.39, 0.29) is 17.4 Å². The molecule has 5 nitrogen and oxygen atoms in total. The average molecular weight is 470 g/mol. The number of carbonyl (C=O) groups excluding carboxylic acids is 1. The summed E-state index contributed by atoms with van der Waals surface area (Å²) in [4.78, 5) is 20.2. The number of amides is 1. The molecule has 0 fully saturated rings. The molecule has 1 aromatic heterocycles. The molecule has 2 aromatic carbocycles. The van der Waals surface area contributed by atoms with E-state index in [1.54, 1.807) is 29.6 Å². The number of aromatic nitrogens is 1. The molecule has 3 aromatic rings. The first-order valence-corrected chi connectivity index (χ1v) is 10.4. The Kier molecular flexibility index (Phi) is 7.19. The molecular weight excluding hydrogens is 451 g/mol. The number of alkyl halides is 3. The first-order valence-electron chi connectivity index (χ1n) is 9.15. The summed E-state index contributed by atoms with van der Waals surface area (Å²) in [5.41, 5.74) is 0.403. The fourth-order valence-electron chi connectivity index (χ4n) is 2.64. The van der Waals surface area contributed by atoms with E-state index < -0.39 is 17.8 Å². The lowest BCUT2D eigenvalue weighted by atomic mass is 10.2. The van der Waals surface area contributed by atoms with E-state index in [4.69, 9.17) is 16.3 Å². The Bertz CT molecular complexity index is 1060. The fraction of sp³-hybridized carbons (Fsp3) is 0.238. The van der Waals surface area contributed by atoms with Gasteiger partial charge in [-0.1, -0.05) is 29.8 Å². The maximum absolute atomic E-state index is 13.2. The topological polar surface area (TPSA) is 45.7 Å². The van der Waals surface area contributed by atoms with Crippen LogP contribution in [0.25, 0.3) is 11.3 Å². The van der Waals surface area contributed by atoms with Crippen molar-refractivity contribution >= 4 is 39.8 Å². The minimum absolute atomic E-state index is 0.0108. The molecule has 0 saturated carbocycles. The number of thiazole rings is 1. The lowest BCUT2D eigenvalue weighted by Gasteiger charge is -2.21. The van der Waals surface area contributed by atoms with Crippen molar-refractivity contribution in [3.8, 4) is 11.3 Å². The van der Waals surface area contributed by atoms with Crippen molar-refractivity contribution in [2.24, 2.45) is 0 Å². The number of benzene rings is 2. The molecule has 0 atom stereocenters. The molecule has 0 aliphatic carbocycles. The third-order valence-corrected chi connectivity index (χ3v) is 5.24. The van der Waals surface area contributed by atoms with Crippen LogP contribution in [0, 0.1) is 0 Å². The number of hydrogen-bond donors (Lipinski definition) is 0. The molecule has 0 saturated heterocycles. The normalized spacial score (nSPS) is 11.6. The van der Waals surface area contributed by atoms with Gasteiger partial charge in [0.2, 0.25) is 0 Å². The Morgan fingerprint density at radius 2 is 1.90 bits per heavy atom. The van der Waals surface area contributed by atoms with Gasteiger partial charge >= 0.3 is 12.3 Å². The molecule has 3 rings (SSSR count). The summed E-state index contributed by atoms with van der Waals surface area (Å²) < 4.78 is 45.0. The summed E-state index contributed by atoms with van der Waals surface area (Å²) in [5, 5.41) is 2.41. The van der Waals surface area contributed by atoms with E-state index >= 15 is 0 Å². The molecule has 0 bridgehead atoms. The van der Waals surface area contributed by atoms with Crippen LogP contribution in [0.1, 0.15) is 5.56 Å². The zero-order chi connectivity index (χ0) is 22.6. The summed E-state index contributed by atoms with van der Waals surface area (Å²) in [7, 11) is 3.63. The summed E-state index contributed by atoms with van der Waals surface area (Å²) in [6.07, 6.45) is -5.36. The molecule has 1 heterocycles. The van der Waals surface area contributed by atoms with Crippen LogP contribution < -0.4 is 4.90 Å². The van der Waals surface area contributed by atoms with Gasteiger partial charge in [-0.25, -0.2) is 14.7 Å². The highest BCUT2D eigenvalue weighted by molar-refractivity contribution is 7.14. The summed E-state index contributed by atoms with van der Waals surface area (Å²) >= 11 is 7.15. The number of ether oxygens (including phenoxy) is 1. The number of carbonyl (C=O) groups is 1. The van der Waals surface area contributed by atoms with Crippen LogP contribution in [0.4, 0.5) is 28.8 Å². The maximum Gasteiger partial charge on any atom is 0.420 e. The van der Waals surface area contributed by atoms with E-state index in [1.807, 2.05) is 19.0 Å². The molecule has 1 amide bonds. The van der Waals surface area contributed by atoms with Crippen LogP contribution in [0.15, 0.2) is 53.9 Å². The van der Waals surface area contributed by atoms with Gasteiger partial charge < -0.3 is 9.64 Å². The van der Waals surface area contributed by atoms with Crippen molar-refractivity contribution < 1.29 is 22.7 Å². The van der Waals surface area contributed by atoms with Gasteiger partial charge in [0.1, 0.15) is 6.61 Å². The van der Waals surface area contributed by atoms with Crippen molar-refractivity contribution in [2.45, 2.75) is 6.18 Å². The maximum atomic E-state index is 13.2. The highest BCUT2D eigenvalue weighted by Gasteiger charge is 2.32. The fourth-order valence-corrected chi connectivity index (χ4v) is 3.68. The molecule has 164 valence electrons. The van der Waals surface area contributed by atoms with Gasteiger partial charge in [-0.15, -0.1) is 11.3 Å². The van der Waals surface area contributed by atoms with Gasteiger partial charge in [0, 0.05) is 22.5 Å². The zero-order valence-electron chi connectivity index (χ0n) is 16.7. The molecule has 0 aliphatic rings. The van der Waals surface area contributed by atoms with Crippen LogP contribution in [-0.2, 0) is 10.9 Å². The van der Waals surface area contributed by atoms with Crippen LogP contribution in [-0.4, -0.2) is 43.2 Å². The molecule has 31 heavy (non-hydrogen) atoms. The second kappa shape index (κ2) is 9.67. The smallest absolute Gasteiger partial charge is 0.420 e. The summed E-state index contributed by atoms with van der Waals surface area (Å²) in [6.45, 7) is 0.543. The van der Waals surface area contributed by atoms with Gasteiger partial charge in [-0.2, -0.15) is 13.2 Å². The monoisotopic (exact) mass is 469 g/mol. The van der Waals surface area contributed by atoms with Crippen molar-refractivity contribution in [3.05, 3.63) is 64.5 Å². The van der Waals surface area contributed by atoms with Gasteiger partial charge in [-0.3, -0.25) is 0 Å². The molecule has 0 spiro atoms. The third-order valence-electron chi connectivity index (χ3n) is 4.18. The minimum atomic E-state index is -4.55. The van der Waals surface area contributed by atoms with Crippen molar-refractivity contribution in [1.29, 1.82) is 0 Å². The number of rotatable bonds is 6. The lowest BCUT2D eigenvalue weighted by molar-refractivity contribution is -0.137. The number of halogens is 4. The van der Waals surface area contributed by atoms with E-state index in [0.29, 0.717) is 17.3 Å². The second-order valence-electron chi connectivity index (χ2n) is 6.83. The third kappa shape index (κ3) is 5.96. The summed E-state index contributed by atoms with van der Waals surface area (Å²) in [5.74, 6) is 0. The molecule has 10 heteroatoms. The second-order valence-corrected chi connectivity index (χ2v) is 8.10. The van der Waals surface area contributed by atoms with E-state index in [0.717, 1.165) is 33.9 Å². The van der Waals surface area contributed by atoms with E-state index in [1.165, 1.54) is 12.1 Å². The predicted octanol–water partition coefficient (Wildman–Crippen LogP) is 6.32. The van der Waals surface area contributed by atoms with Crippen LogP contribution in [0.3, 0.4) is 0 Å². The first-order chi connectivity index (χ1) is 14.6.